The van der Waals surface area contributed by atoms with Gasteiger partial charge in [-0.15, -0.1) is 4.59 Å². The lowest BCUT2D eigenvalue weighted by Gasteiger charge is -2.35. The van der Waals surface area contributed by atoms with Crippen LogP contribution in [0.5, 0.6) is 0 Å². The summed E-state index contributed by atoms with van der Waals surface area (Å²) < 4.78 is -0.179. The number of hydrogen-bond donors (Lipinski definition) is 2. The molecule has 0 radical (unpaired) electrons. The van der Waals surface area contributed by atoms with Crippen LogP contribution >= 0.6 is 0 Å². The molecule has 2 unspecified atom stereocenters. The Morgan fingerprint density at radius 1 is 1.24 bits per heavy atom. The normalized spacial score (nSPS) is 22.2. The number of allylic oxidation sites excluding steroid dienone is 1. The summed E-state index contributed by atoms with van der Waals surface area (Å²) in [6.45, 7) is 4.28. The van der Waals surface area contributed by atoms with Gasteiger partial charge in [-0.25, -0.2) is 4.98 Å². The van der Waals surface area contributed by atoms with E-state index in [9.17, 15) is 9.59 Å². The number of fused-ring (bicyclic) bond motifs is 1. The van der Waals surface area contributed by atoms with Crippen molar-refractivity contribution in [2.45, 2.75) is 25.3 Å². The maximum Gasteiger partial charge on any atom is 0.264 e. The Hall–Kier alpha value is -4.72. The fourth-order valence-electron chi connectivity index (χ4n) is 4.78. The van der Waals surface area contributed by atoms with Gasteiger partial charge < -0.3 is 10.2 Å². The molecule has 3 aliphatic rings. The molecule has 184 valence electrons. The van der Waals surface area contributed by atoms with Crippen molar-refractivity contribution in [1.82, 2.24) is 9.88 Å². The Labute approximate surface area is 214 Å². The molecule has 1 saturated heterocycles. The Morgan fingerprint density at radius 3 is 2.81 bits per heavy atom. The summed E-state index contributed by atoms with van der Waals surface area (Å²) in [5, 5.41) is 11.8. The van der Waals surface area contributed by atoms with E-state index >= 15 is 0 Å². The number of benzene rings is 1. The van der Waals surface area contributed by atoms with Crippen molar-refractivity contribution >= 4 is 29.7 Å². The summed E-state index contributed by atoms with van der Waals surface area (Å²) in [6.07, 6.45) is 10.5. The highest BCUT2D eigenvalue weighted by molar-refractivity contribution is 6.05. The lowest BCUT2D eigenvalue weighted by atomic mass is 9.98. The fraction of sp³-hybridized carbons (Fsp3) is 0.185. The summed E-state index contributed by atoms with van der Waals surface area (Å²) in [6, 6.07) is 11.8. The second-order valence-corrected chi connectivity index (χ2v) is 8.88. The first-order chi connectivity index (χ1) is 17.9. The van der Waals surface area contributed by atoms with Crippen LogP contribution in [0.3, 0.4) is 0 Å². The molecule has 0 spiro atoms. The zero-order valence-electron chi connectivity index (χ0n) is 20.0. The summed E-state index contributed by atoms with van der Waals surface area (Å²) in [7, 11) is 0. The lowest BCUT2D eigenvalue weighted by molar-refractivity contribution is -0.750. The maximum atomic E-state index is 12.7. The van der Waals surface area contributed by atoms with Crippen LogP contribution in [-0.4, -0.2) is 50.9 Å². The number of rotatable bonds is 5. The van der Waals surface area contributed by atoms with Gasteiger partial charge in [-0.1, -0.05) is 6.58 Å². The number of piperidine rings is 1. The topological polar surface area (TPSA) is 137 Å². The van der Waals surface area contributed by atoms with E-state index in [4.69, 9.17) is 16.1 Å². The number of nitriles is 1. The number of hydrogen-bond acceptors (Lipinski definition) is 7. The first kappa shape index (κ1) is 24.0. The number of aliphatic imine (C=N–C) groups is 2. The van der Waals surface area contributed by atoms with E-state index < -0.39 is 0 Å². The Morgan fingerprint density at radius 2 is 2.05 bits per heavy atom. The van der Waals surface area contributed by atoms with Gasteiger partial charge in [-0.3, -0.25) is 14.6 Å². The number of carbonyl (C=O) groups is 2. The molecular formula is C27H25N8O2+. The molecule has 2 amide bonds. The van der Waals surface area contributed by atoms with Gasteiger partial charge >= 0.3 is 0 Å². The number of pyridine rings is 1. The van der Waals surface area contributed by atoms with Gasteiger partial charge in [-0.2, -0.15) is 16.1 Å². The SMILES string of the molecule is C=CC(=O)N1CCCCC1C1=C2C=NC=C[N+]2(N)C(c2ccc(C(=O)Nc3cc(C#N)ccn3)cc2)=N1. The molecule has 10 heteroatoms. The third kappa shape index (κ3) is 4.38. The van der Waals surface area contributed by atoms with Crippen molar-refractivity contribution in [2.24, 2.45) is 15.8 Å². The Bertz CT molecular complexity index is 1450. The van der Waals surface area contributed by atoms with Crippen LogP contribution in [0.15, 0.2) is 89.0 Å². The van der Waals surface area contributed by atoms with Crippen LogP contribution in [0, 0.1) is 11.3 Å². The number of nitrogens with two attached hydrogens (primary N) is 1. The van der Waals surface area contributed by atoms with Crippen LogP contribution < -0.4 is 11.2 Å². The molecular weight excluding hydrogens is 468 g/mol. The molecule has 1 aromatic heterocycles. The predicted molar refractivity (Wildman–Crippen MR) is 139 cm³/mol. The van der Waals surface area contributed by atoms with E-state index in [1.807, 2.05) is 6.07 Å². The van der Waals surface area contributed by atoms with Crippen LogP contribution in [0.4, 0.5) is 5.82 Å². The predicted octanol–water partition coefficient (Wildman–Crippen LogP) is 2.99. The first-order valence-electron chi connectivity index (χ1n) is 11.9. The van der Waals surface area contributed by atoms with Crippen LogP contribution in [0.25, 0.3) is 0 Å². The number of likely N-dealkylation sites (tertiary alicyclic amines) is 1. The van der Waals surface area contributed by atoms with Crippen LogP contribution in [-0.2, 0) is 4.79 Å². The van der Waals surface area contributed by atoms with Gasteiger partial charge in [0.25, 0.3) is 11.7 Å². The Balaban J connectivity index is 1.44. The fourth-order valence-corrected chi connectivity index (χ4v) is 4.78. The number of amidine groups is 1. The highest BCUT2D eigenvalue weighted by Gasteiger charge is 2.47. The van der Waals surface area contributed by atoms with E-state index in [0.29, 0.717) is 40.7 Å². The Kier molecular flexibility index (Phi) is 6.31. The molecule has 37 heavy (non-hydrogen) atoms. The largest absolute Gasteiger partial charge is 0.330 e. The molecule has 2 atom stereocenters. The number of anilines is 1. The summed E-state index contributed by atoms with van der Waals surface area (Å²) in [4.78, 5) is 40.5. The lowest BCUT2D eigenvalue weighted by Crippen LogP contribution is -2.53. The molecule has 0 bridgehead atoms. The van der Waals surface area contributed by atoms with Crippen molar-refractivity contribution in [3.05, 3.63) is 95.7 Å². The van der Waals surface area contributed by atoms with Gasteiger partial charge in [0, 0.05) is 18.3 Å². The average molecular weight is 494 g/mol. The van der Waals surface area contributed by atoms with Crippen molar-refractivity contribution in [3.8, 4) is 6.07 Å². The summed E-state index contributed by atoms with van der Waals surface area (Å²) >= 11 is 0. The van der Waals surface area contributed by atoms with Crippen LogP contribution in [0.1, 0.15) is 40.7 Å². The summed E-state index contributed by atoms with van der Waals surface area (Å²) in [5.74, 6) is 7.22. The first-order valence-corrected chi connectivity index (χ1v) is 11.9. The molecule has 2 aromatic rings. The maximum absolute atomic E-state index is 12.7. The molecule has 3 N–H and O–H groups in total. The number of carbonyl (C=O) groups excluding carboxylic acids is 2. The second kappa shape index (κ2) is 9.73. The van der Waals surface area contributed by atoms with Crippen molar-refractivity contribution < 1.29 is 14.2 Å². The quantitative estimate of drug-likeness (QED) is 0.375. The third-order valence-corrected chi connectivity index (χ3v) is 6.63. The smallest absolute Gasteiger partial charge is 0.264 e. The summed E-state index contributed by atoms with van der Waals surface area (Å²) in [5.41, 5.74) is 2.96. The van der Waals surface area contributed by atoms with E-state index in [-0.39, 0.29) is 22.4 Å². The zero-order valence-corrected chi connectivity index (χ0v) is 20.0. The highest BCUT2D eigenvalue weighted by Crippen LogP contribution is 2.36. The van der Waals surface area contributed by atoms with Crippen LogP contribution in [0.2, 0.25) is 0 Å². The monoisotopic (exact) mass is 493 g/mol. The van der Waals surface area contributed by atoms with E-state index in [1.54, 1.807) is 53.8 Å². The van der Waals surface area contributed by atoms with Gasteiger partial charge in [0.05, 0.1) is 35.7 Å². The molecule has 10 nitrogen and oxygen atoms in total. The standard InChI is InChI=1S/C27H24N8O2/c1-2-24(36)34-13-4-3-5-21(34)25-22-17-30-12-14-35(22,29)26(33-25)19-6-8-20(9-7-19)27(37)32-23-15-18(16-28)10-11-31-23/h2,6-12,14-15,17,21H,1,3-5,13,29H2/p+1. The molecule has 5 rings (SSSR count). The van der Waals surface area contributed by atoms with Crippen molar-refractivity contribution in [3.63, 3.8) is 0 Å². The van der Waals surface area contributed by atoms with Crippen molar-refractivity contribution in [1.29, 1.82) is 5.26 Å². The average Bonchev–Trinajstić information content (AvgIpc) is 3.25. The minimum absolute atomic E-state index is 0.134. The second-order valence-electron chi connectivity index (χ2n) is 8.88. The number of nitrogens with zero attached hydrogens (tertiary/aromatic N) is 6. The minimum Gasteiger partial charge on any atom is -0.330 e. The van der Waals surface area contributed by atoms with Gasteiger partial charge in [0.1, 0.15) is 17.7 Å². The van der Waals surface area contributed by atoms with Gasteiger partial charge in [0.2, 0.25) is 11.6 Å². The highest BCUT2D eigenvalue weighted by atomic mass is 16.2. The molecule has 0 saturated carbocycles. The number of nitrogens with one attached hydrogen (secondary N) is 1. The van der Waals surface area contributed by atoms with E-state index in [0.717, 1.165) is 24.8 Å². The molecule has 0 aliphatic carbocycles. The number of aromatic nitrogens is 1. The third-order valence-electron chi connectivity index (χ3n) is 6.63. The van der Waals surface area contributed by atoms with Crippen molar-refractivity contribution in [2.75, 3.05) is 11.9 Å². The molecule has 4 heterocycles. The number of quaternary nitrogens is 1. The zero-order chi connectivity index (χ0) is 26.0. The molecule has 1 fully saturated rings. The number of amides is 2. The van der Waals surface area contributed by atoms with E-state index in [1.165, 1.54) is 18.3 Å². The molecule has 3 aliphatic heterocycles. The molecule has 1 aromatic carbocycles. The van der Waals surface area contributed by atoms with Gasteiger partial charge in [0.15, 0.2) is 0 Å². The van der Waals surface area contributed by atoms with Gasteiger partial charge in [-0.05, 0) is 61.7 Å². The minimum atomic E-state index is -0.357. The van der Waals surface area contributed by atoms with E-state index in [2.05, 4.69) is 21.9 Å².